The van der Waals surface area contributed by atoms with Crippen LogP contribution in [-0.4, -0.2) is 22.0 Å². The number of nitriles is 1. The van der Waals surface area contributed by atoms with E-state index in [0.717, 1.165) is 19.5 Å². The van der Waals surface area contributed by atoms with Crippen LogP contribution >= 0.6 is 0 Å². The molecule has 0 aromatic carbocycles. The van der Waals surface area contributed by atoms with Crippen molar-refractivity contribution >= 4 is 0 Å². The van der Waals surface area contributed by atoms with E-state index in [-0.39, 0.29) is 11.5 Å². The molecule has 1 aromatic rings. The lowest BCUT2D eigenvalue weighted by molar-refractivity contribution is 0.147. The van der Waals surface area contributed by atoms with Gasteiger partial charge in [-0.15, -0.1) is 0 Å². The van der Waals surface area contributed by atoms with Crippen molar-refractivity contribution in [3.63, 3.8) is 0 Å². The summed E-state index contributed by atoms with van der Waals surface area (Å²) in [5.74, 6) is 0.148. The summed E-state index contributed by atoms with van der Waals surface area (Å²) in [6, 6.07) is 6.49. The molecule has 1 unspecified atom stereocenters. The van der Waals surface area contributed by atoms with Crippen LogP contribution in [0.5, 0.6) is 0 Å². The lowest BCUT2D eigenvalue weighted by atomic mass is 9.89. The Labute approximate surface area is 96.7 Å². The highest BCUT2D eigenvalue weighted by molar-refractivity contribution is 5.13. The van der Waals surface area contributed by atoms with Gasteiger partial charge in [-0.1, -0.05) is 0 Å². The van der Waals surface area contributed by atoms with Gasteiger partial charge in [-0.05, 0) is 38.0 Å². The van der Waals surface area contributed by atoms with Crippen LogP contribution in [0.3, 0.4) is 0 Å². The van der Waals surface area contributed by atoms with E-state index in [1.54, 1.807) is 0 Å². The summed E-state index contributed by atoms with van der Waals surface area (Å²) in [6.07, 6.45) is 4.62. The van der Waals surface area contributed by atoms with Crippen LogP contribution in [0, 0.1) is 17.2 Å². The third kappa shape index (κ3) is 1.94. The van der Waals surface area contributed by atoms with E-state index >= 15 is 0 Å². The molecule has 1 aliphatic heterocycles. The molecule has 0 bridgehead atoms. The fourth-order valence-corrected chi connectivity index (χ4v) is 2.36. The predicted molar refractivity (Wildman–Crippen MR) is 62.4 cm³/mol. The molecular formula is C13H17N3. The minimum Gasteiger partial charge on any atom is -0.293 e. The second-order valence-corrected chi connectivity index (χ2v) is 4.90. The van der Waals surface area contributed by atoms with Crippen LogP contribution in [0.15, 0.2) is 24.5 Å². The van der Waals surface area contributed by atoms with E-state index in [1.165, 1.54) is 5.56 Å². The molecule has 1 aliphatic rings. The van der Waals surface area contributed by atoms with Gasteiger partial charge in [-0.3, -0.25) is 9.88 Å². The van der Waals surface area contributed by atoms with Gasteiger partial charge in [0.2, 0.25) is 0 Å². The monoisotopic (exact) mass is 215 g/mol. The SMILES string of the molecule is CC1(C)C(C#N)CCN1Cc1ccncc1. The summed E-state index contributed by atoms with van der Waals surface area (Å²) >= 11 is 0. The minimum atomic E-state index is -0.0159. The van der Waals surface area contributed by atoms with Crippen molar-refractivity contribution in [3.05, 3.63) is 30.1 Å². The lowest BCUT2D eigenvalue weighted by Crippen LogP contribution is -2.41. The Morgan fingerprint density at radius 1 is 1.50 bits per heavy atom. The number of hydrogen-bond acceptors (Lipinski definition) is 3. The van der Waals surface area contributed by atoms with E-state index in [1.807, 2.05) is 24.5 Å². The molecule has 0 radical (unpaired) electrons. The number of aromatic nitrogens is 1. The molecule has 0 spiro atoms. The van der Waals surface area contributed by atoms with Crippen LogP contribution < -0.4 is 0 Å². The molecule has 84 valence electrons. The van der Waals surface area contributed by atoms with Crippen LogP contribution in [0.4, 0.5) is 0 Å². The second kappa shape index (κ2) is 4.23. The molecule has 3 nitrogen and oxygen atoms in total. The van der Waals surface area contributed by atoms with Crippen LogP contribution in [0.2, 0.25) is 0 Å². The summed E-state index contributed by atoms with van der Waals surface area (Å²) in [5, 5.41) is 9.10. The highest BCUT2D eigenvalue weighted by Crippen LogP contribution is 2.34. The third-order valence-electron chi connectivity index (χ3n) is 3.63. The van der Waals surface area contributed by atoms with Crippen molar-refractivity contribution in [1.82, 2.24) is 9.88 Å². The zero-order valence-electron chi connectivity index (χ0n) is 9.85. The molecule has 0 N–H and O–H groups in total. The van der Waals surface area contributed by atoms with E-state index in [2.05, 4.69) is 29.8 Å². The standard InChI is InChI=1S/C13H17N3/c1-13(2)12(9-14)5-8-16(13)10-11-3-6-15-7-4-11/h3-4,6-7,12H,5,8,10H2,1-2H3. The first-order valence-corrected chi connectivity index (χ1v) is 5.68. The van der Waals surface area contributed by atoms with Gasteiger partial charge in [0.25, 0.3) is 0 Å². The Hall–Kier alpha value is -1.40. The van der Waals surface area contributed by atoms with Crippen LogP contribution in [-0.2, 0) is 6.54 Å². The summed E-state index contributed by atoms with van der Waals surface area (Å²) in [5.41, 5.74) is 1.25. The Morgan fingerprint density at radius 3 is 2.75 bits per heavy atom. The zero-order chi connectivity index (χ0) is 11.6. The molecule has 1 saturated heterocycles. The molecular weight excluding hydrogens is 198 g/mol. The minimum absolute atomic E-state index is 0.0159. The molecule has 1 aromatic heterocycles. The van der Waals surface area contributed by atoms with E-state index in [9.17, 15) is 0 Å². The Bertz CT molecular complexity index is 391. The maximum absolute atomic E-state index is 9.10. The molecule has 16 heavy (non-hydrogen) atoms. The number of pyridine rings is 1. The zero-order valence-corrected chi connectivity index (χ0v) is 9.85. The summed E-state index contributed by atoms with van der Waals surface area (Å²) in [7, 11) is 0. The third-order valence-corrected chi connectivity index (χ3v) is 3.63. The summed E-state index contributed by atoms with van der Waals surface area (Å²) < 4.78 is 0. The fraction of sp³-hybridized carbons (Fsp3) is 0.538. The smallest absolute Gasteiger partial charge is 0.0675 e. The number of nitrogens with zero attached hydrogens (tertiary/aromatic N) is 3. The average molecular weight is 215 g/mol. The van der Waals surface area contributed by atoms with Crippen molar-refractivity contribution < 1.29 is 0 Å². The largest absolute Gasteiger partial charge is 0.293 e. The van der Waals surface area contributed by atoms with E-state index < -0.39 is 0 Å². The number of rotatable bonds is 2. The van der Waals surface area contributed by atoms with E-state index in [4.69, 9.17) is 5.26 Å². The summed E-state index contributed by atoms with van der Waals surface area (Å²) in [4.78, 5) is 6.40. The predicted octanol–water partition coefficient (Wildman–Crippen LogP) is 2.21. The van der Waals surface area contributed by atoms with Gasteiger partial charge in [-0.25, -0.2) is 0 Å². The van der Waals surface area contributed by atoms with Crippen molar-refractivity contribution in [2.45, 2.75) is 32.4 Å². The van der Waals surface area contributed by atoms with Crippen LogP contribution in [0.25, 0.3) is 0 Å². The first kappa shape index (κ1) is 11.1. The van der Waals surface area contributed by atoms with Crippen LogP contribution in [0.1, 0.15) is 25.8 Å². The Kier molecular flexibility index (Phi) is 2.93. The number of hydrogen-bond donors (Lipinski definition) is 0. The molecule has 3 heteroatoms. The highest BCUT2D eigenvalue weighted by Gasteiger charge is 2.40. The topological polar surface area (TPSA) is 39.9 Å². The van der Waals surface area contributed by atoms with Gasteiger partial charge < -0.3 is 0 Å². The first-order chi connectivity index (χ1) is 7.64. The molecule has 1 fully saturated rings. The molecule has 0 amide bonds. The van der Waals surface area contributed by atoms with Gasteiger partial charge in [0, 0.05) is 31.0 Å². The lowest BCUT2D eigenvalue weighted by Gasteiger charge is -2.33. The van der Waals surface area contributed by atoms with Gasteiger partial charge in [0.05, 0.1) is 12.0 Å². The normalized spacial score (nSPS) is 24.2. The van der Waals surface area contributed by atoms with Gasteiger partial charge in [0.1, 0.15) is 0 Å². The van der Waals surface area contributed by atoms with Gasteiger partial charge in [-0.2, -0.15) is 5.26 Å². The quantitative estimate of drug-likeness (QED) is 0.759. The van der Waals surface area contributed by atoms with E-state index in [0.29, 0.717) is 0 Å². The molecule has 2 rings (SSSR count). The van der Waals surface area contributed by atoms with Crippen molar-refractivity contribution in [1.29, 1.82) is 5.26 Å². The molecule has 2 heterocycles. The van der Waals surface area contributed by atoms with Crippen molar-refractivity contribution in [2.75, 3.05) is 6.54 Å². The van der Waals surface area contributed by atoms with Gasteiger partial charge >= 0.3 is 0 Å². The Balaban J connectivity index is 2.10. The fourth-order valence-electron chi connectivity index (χ4n) is 2.36. The second-order valence-electron chi connectivity index (χ2n) is 4.90. The summed E-state index contributed by atoms with van der Waals surface area (Å²) in [6.45, 7) is 6.24. The maximum Gasteiger partial charge on any atom is 0.0675 e. The molecule has 1 atom stereocenters. The highest BCUT2D eigenvalue weighted by atomic mass is 15.2. The first-order valence-electron chi connectivity index (χ1n) is 5.68. The van der Waals surface area contributed by atoms with Crippen molar-refractivity contribution in [2.24, 2.45) is 5.92 Å². The molecule has 0 saturated carbocycles. The number of likely N-dealkylation sites (tertiary alicyclic amines) is 1. The Morgan fingerprint density at radius 2 is 2.19 bits per heavy atom. The van der Waals surface area contributed by atoms with Gasteiger partial charge in [0.15, 0.2) is 0 Å². The maximum atomic E-state index is 9.10. The molecule has 0 aliphatic carbocycles. The average Bonchev–Trinajstić information content (AvgIpc) is 2.56. The van der Waals surface area contributed by atoms with Crippen molar-refractivity contribution in [3.8, 4) is 6.07 Å².